The number of carbonyl (C=O) groups is 3. The summed E-state index contributed by atoms with van der Waals surface area (Å²) < 4.78 is 9.58. The van der Waals surface area contributed by atoms with Crippen LogP contribution in [0.25, 0.3) is 0 Å². The molecule has 1 aromatic rings. The van der Waals surface area contributed by atoms with Crippen LogP contribution in [0.1, 0.15) is 10.4 Å². The molecule has 1 amide bonds. The molecular formula is C13H15NO6. The first-order valence-electron chi connectivity index (χ1n) is 5.71. The minimum Gasteiger partial charge on any atom is -0.482 e. The summed E-state index contributed by atoms with van der Waals surface area (Å²) in [6.45, 7) is -0.662. The van der Waals surface area contributed by atoms with Gasteiger partial charge in [0, 0.05) is 12.6 Å². The van der Waals surface area contributed by atoms with E-state index in [1.807, 2.05) is 0 Å². The highest BCUT2D eigenvalue weighted by Crippen LogP contribution is 2.14. The number of carboxylic acid groups (broad SMARTS) is 1. The maximum Gasteiger partial charge on any atom is 0.343 e. The van der Waals surface area contributed by atoms with Crippen molar-refractivity contribution in [1.82, 2.24) is 4.90 Å². The number of hydrogen-bond acceptors (Lipinski definition) is 5. The third kappa shape index (κ3) is 4.60. The summed E-state index contributed by atoms with van der Waals surface area (Å²) >= 11 is 0. The van der Waals surface area contributed by atoms with Crippen molar-refractivity contribution in [3.8, 4) is 5.75 Å². The van der Waals surface area contributed by atoms with Gasteiger partial charge in [-0.1, -0.05) is 6.07 Å². The van der Waals surface area contributed by atoms with Crippen LogP contribution in [0.4, 0.5) is 0 Å². The molecular weight excluding hydrogens is 266 g/mol. The fourth-order valence-electron chi connectivity index (χ4n) is 1.42. The van der Waals surface area contributed by atoms with Crippen LogP contribution >= 0.6 is 0 Å². The first-order chi connectivity index (χ1) is 9.43. The molecule has 0 atom stereocenters. The molecule has 0 aliphatic rings. The second-order valence-electron chi connectivity index (χ2n) is 3.95. The van der Waals surface area contributed by atoms with Gasteiger partial charge in [0.2, 0.25) is 0 Å². The van der Waals surface area contributed by atoms with Gasteiger partial charge in [-0.05, 0) is 18.2 Å². The van der Waals surface area contributed by atoms with Gasteiger partial charge in [0.05, 0.1) is 7.11 Å². The smallest absolute Gasteiger partial charge is 0.343 e. The van der Waals surface area contributed by atoms with Crippen LogP contribution in [-0.4, -0.2) is 55.2 Å². The number of benzene rings is 1. The number of likely N-dealkylation sites (N-methyl/N-ethyl adjacent to an activating group) is 1. The van der Waals surface area contributed by atoms with E-state index in [0.717, 1.165) is 4.90 Å². The molecule has 1 aromatic carbocycles. The molecule has 0 aromatic heterocycles. The van der Waals surface area contributed by atoms with Gasteiger partial charge in [-0.3, -0.25) is 9.59 Å². The van der Waals surface area contributed by atoms with Crippen LogP contribution in [-0.2, 0) is 14.3 Å². The van der Waals surface area contributed by atoms with Gasteiger partial charge in [-0.15, -0.1) is 0 Å². The molecule has 0 saturated carbocycles. The maximum atomic E-state index is 11.9. The van der Waals surface area contributed by atoms with E-state index >= 15 is 0 Å². The Morgan fingerprint density at radius 1 is 1.30 bits per heavy atom. The zero-order chi connectivity index (χ0) is 15.1. The number of esters is 1. The van der Waals surface area contributed by atoms with Crippen LogP contribution in [0.3, 0.4) is 0 Å². The first-order valence-corrected chi connectivity index (χ1v) is 5.71. The fourth-order valence-corrected chi connectivity index (χ4v) is 1.42. The first kappa shape index (κ1) is 15.5. The highest BCUT2D eigenvalue weighted by molar-refractivity contribution is 5.96. The second-order valence-corrected chi connectivity index (χ2v) is 3.95. The normalized spacial score (nSPS) is 9.70. The van der Waals surface area contributed by atoms with E-state index in [-0.39, 0.29) is 12.2 Å². The van der Waals surface area contributed by atoms with Crippen LogP contribution in [0.2, 0.25) is 0 Å². The quantitative estimate of drug-likeness (QED) is 0.758. The Hall–Kier alpha value is -2.57. The third-order valence-corrected chi connectivity index (χ3v) is 2.38. The topological polar surface area (TPSA) is 93.1 Å². The van der Waals surface area contributed by atoms with E-state index in [1.165, 1.54) is 26.3 Å². The van der Waals surface area contributed by atoms with E-state index in [4.69, 9.17) is 9.84 Å². The molecule has 0 fully saturated rings. The molecule has 0 saturated heterocycles. The molecule has 0 aliphatic heterocycles. The molecule has 0 bridgehead atoms. The van der Waals surface area contributed by atoms with Crippen molar-refractivity contribution in [2.24, 2.45) is 0 Å². The van der Waals surface area contributed by atoms with E-state index in [0.29, 0.717) is 5.75 Å². The number of carboxylic acids is 1. The zero-order valence-electron chi connectivity index (χ0n) is 11.2. The average Bonchev–Trinajstić information content (AvgIpc) is 2.43. The molecule has 0 aliphatic carbocycles. The fraction of sp³-hybridized carbons (Fsp3) is 0.308. The van der Waals surface area contributed by atoms with Crippen molar-refractivity contribution in [3.63, 3.8) is 0 Å². The van der Waals surface area contributed by atoms with Gasteiger partial charge in [-0.25, -0.2) is 4.79 Å². The lowest BCUT2D eigenvalue weighted by Gasteiger charge is -2.15. The van der Waals surface area contributed by atoms with Crippen molar-refractivity contribution in [2.45, 2.75) is 0 Å². The highest BCUT2D eigenvalue weighted by Gasteiger charge is 2.15. The van der Waals surface area contributed by atoms with Gasteiger partial charge in [0.1, 0.15) is 12.3 Å². The Kier molecular flexibility index (Phi) is 5.52. The van der Waals surface area contributed by atoms with Crippen molar-refractivity contribution in [2.75, 3.05) is 27.3 Å². The summed E-state index contributed by atoms with van der Waals surface area (Å²) in [4.78, 5) is 34.5. The summed E-state index contributed by atoms with van der Waals surface area (Å²) in [7, 11) is 2.63. The van der Waals surface area contributed by atoms with Crippen molar-refractivity contribution >= 4 is 17.8 Å². The van der Waals surface area contributed by atoms with E-state index < -0.39 is 24.4 Å². The van der Waals surface area contributed by atoms with E-state index in [2.05, 4.69) is 4.74 Å². The molecule has 0 heterocycles. The Morgan fingerprint density at radius 3 is 2.60 bits per heavy atom. The number of nitrogens with zero attached hydrogens (tertiary/aromatic N) is 1. The summed E-state index contributed by atoms with van der Waals surface area (Å²) in [5.74, 6) is -1.76. The molecule has 108 valence electrons. The molecule has 0 radical (unpaired) electrons. The predicted octanol–water partition coefficient (Wildman–Crippen LogP) is 0.395. The van der Waals surface area contributed by atoms with Crippen molar-refractivity contribution in [3.05, 3.63) is 29.8 Å². The minimum atomic E-state index is -1.10. The number of methoxy groups -OCH3 is 1. The van der Waals surface area contributed by atoms with Crippen LogP contribution in [0.15, 0.2) is 24.3 Å². The summed E-state index contributed by atoms with van der Waals surface area (Å²) in [6.07, 6.45) is 0. The summed E-state index contributed by atoms with van der Waals surface area (Å²) in [5, 5.41) is 8.64. The Labute approximate surface area is 115 Å². The zero-order valence-corrected chi connectivity index (χ0v) is 11.2. The van der Waals surface area contributed by atoms with Crippen LogP contribution in [0, 0.1) is 0 Å². The molecule has 1 N–H and O–H groups in total. The monoisotopic (exact) mass is 281 g/mol. The van der Waals surface area contributed by atoms with Crippen molar-refractivity contribution < 1.29 is 29.0 Å². The van der Waals surface area contributed by atoms with E-state index in [9.17, 15) is 14.4 Å². The summed E-state index contributed by atoms with van der Waals surface area (Å²) in [5.41, 5.74) is 0.274. The number of amides is 1. The number of ether oxygens (including phenoxy) is 2. The van der Waals surface area contributed by atoms with E-state index in [1.54, 1.807) is 12.1 Å². The predicted molar refractivity (Wildman–Crippen MR) is 68.5 cm³/mol. The second kappa shape index (κ2) is 7.13. The average molecular weight is 281 g/mol. The lowest BCUT2D eigenvalue weighted by atomic mass is 10.2. The van der Waals surface area contributed by atoms with Crippen molar-refractivity contribution in [1.29, 1.82) is 0 Å². The van der Waals surface area contributed by atoms with Gasteiger partial charge >= 0.3 is 11.9 Å². The van der Waals surface area contributed by atoms with Crippen LogP contribution in [0.5, 0.6) is 5.75 Å². The van der Waals surface area contributed by atoms with Crippen LogP contribution < -0.4 is 4.74 Å². The lowest BCUT2D eigenvalue weighted by molar-refractivity contribution is -0.143. The minimum absolute atomic E-state index is 0.265. The molecule has 0 spiro atoms. The maximum absolute atomic E-state index is 11.9. The van der Waals surface area contributed by atoms with Gasteiger partial charge in [0.25, 0.3) is 5.91 Å². The number of aliphatic carboxylic acids is 1. The Bertz CT molecular complexity index is 513. The number of rotatable bonds is 6. The van der Waals surface area contributed by atoms with Gasteiger partial charge in [-0.2, -0.15) is 0 Å². The number of hydrogen-bond donors (Lipinski definition) is 1. The number of carbonyl (C=O) groups excluding carboxylic acids is 2. The molecule has 20 heavy (non-hydrogen) atoms. The molecule has 0 unspecified atom stereocenters. The largest absolute Gasteiger partial charge is 0.482 e. The van der Waals surface area contributed by atoms with Gasteiger partial charge < -0.3 is 19.5 Å². The lowest BCUT2D eigenvalue weighted by Crippen LogP contribution is -2.31. The SMILES string of the molecule is COC(=O)COc1cccc(C(=O)N(C)CC(=O)O)c1. The third-order valence-electron chi connectivity index (χ3n) is 2.38. The summed E-state index contributed by atoms with van der Waals surface area (Å²) in [6, 6.07) is 6.13. The Morgan fingerprint density at radius 2 is 2.00 bits per heavy atom. The van der Waals surface area contributed by atoms with Gasteiger partial charge in [0.15, 0.2) is 6.61 Å². The Balaban J connectivity index is 2.74. The molecule has 1 rings (SSSR count). The molecule has 7 heteroatoms. The highest BCUT2D eigenvalue weighted by atomic mass is 16.6. The molecule has 7 nitrogen and oxygen atoms in total. The standard InChI is InChI=1S/C13H15NO6/c1-14(7-11(15)16)13(18)9-4-3-5-10(6-9)20-8-12(17)19-2/h3-6H,7-8H2,1-2H3,(H,15,16).